The third-order valence-electron chi connectivity index (χ3n) is 6.56. The van der Waals surface area contributed by atoms with Crippen LogP contribution in [0.4, 0.5) is 5.69 Å². The van der Waals surface area contributed by atoms with Crippen LogP contribution >= 0.6 is 24.8 Å². The van der Waals surface area contributed by atoms with Crippen LogP contribution in [0.3, 0.4) is 0 Å². The monoisotopic (exact) mass is 535 g/mol. The van der Waals surface area contributed by atoms with E-state index in [1.165, 1.54) is 11.1 Å². The molecule has 1 saturated heterocycles. The number of rotatable bonds is 9. The number of carbonyl (C=O) groups excluding carboxylic acids is 3. The average Bonchev–Trinajstić information content (AvgIpc) is 3.51. The summed E-state index contributed by atoms with van der Waals surface area (Å²) in [5.41, 5.74) is 9.85. The van der Waals surface area contributed by atoms with Crippen molar-refractivity contribution in [1.82, 2.24) is 16.0 Å². The zero-order valence-corrected chi connectivity index (χ0v) is 21.8. The number of carbonyl (C=O) groups is 3. The molecule has 1 aliphatic carbocycles. The van der Waals surface area contributed by atoms with E-state index in [2.05, 4.69) is 27.3 Å². The minimum absolute atomic E-state index is 0. The van der Waals surface area contributed by atoms with Crippen LogP contribution in [0.25, 0.3) is 0 Å². The lowest BCUT2D eigenvalue weighted by Gasteiger charge is -2.21. The maximum Gasteiger partial charge on any atom is 0.246 e. The van der Waals surface area contributed by atoms with Crippen LogP contribution in [0, 0.1) is 0 Å². The number of aryl methyl sites for hydroxylation is 3. The first kappa shape index (κ1) is 29.6. The molecule has 8 nitrogen and oxygen atoms in total. The van der Waals surface area contributed by atoms with Crippen molar-refractivity contribution in [2.24, 2.45) is 5.73 Å². The highest BCUT2D eigenvalue weighted by molar-refractivity contribution is 5.98. The molecule has 1 heterocycles. The number of hydrogen-bond acceptors (Lipinski definition) is 5. The molecule has 2 aliphatic rings. The normalized spacial score (nSPS) is 18.7. The maximum atomic E-state index is 13.2. The van der Waals surface area contributed by atoms with Gasteiger partial charge in [0.05, 0.1) is 12.6 Å². The molecule has 10 heteroatoms. The zero-order chi connectivity index (χ0) is 23.9. The van der Waals surface area contributed by atoms with Crippen molar-refractivity contribution < 1.29 is 14.4 Å². The number of anilines is 1. The van der Waals surface area contributed by atoms with Gasteiger partial charge >= 0.3 is 0 Å². The van der Waals surface area contributed by atoms with Gasteiger partial charge in [0.2, 0.25) is 17.7 Å². The minimum Gasteiger partial charge on any atom is -0.351 e. The topological polar surface area (TPSA) is 125 Å². The van der Waals surface area contributed by atoms with Crippen LogP contribution in [0.2, 0.25) is 0 Å². The fourth-order valence-corrected chi connectivity index (χ4v) is 4.71. The van der Waals surface area contributed by atoms with Crippen LogP contribution < -0.4 is 27.0 Å². The molecule has 1 fully saturated rings. The van der Waals surface area contributed by atoms with Crippen molar-refractivity contribution in [1.29, 1.82) is 0 Å². The molecule has 2 aromatic carbocycles. The lowest BCUT2D eigenvalue weighted by molar-refractivity contribution is -0.127. The van der Waals surface area contributed by atoms with Crippen LogP contribution in [0.15, 0.2) is 48.5 Å². The second-order valence-electron chi connectivity index (χ2n) is 9.08. The first-order valence-electron chi connectivity index (χ1n) is 12.0. The Balaban J connectivity index is 0.00000228. The summed E-state index contributed by atoms with van der Waals surface area (Å²) < 4.78 is 0. The van der Waals surface area contributed by atoms with E-state index in [0.29, 0.717) is 25.8 Å². The quantitative estimate of drug-likeness (QED) is 0.335. The van der Waals surface area contributed by atoms with Gasteiger partial charge in [0.15, 0.2) is 0 Å². The van der Waals surface area contributed by atoms with Gasteiger partial charge in [0, 0.05) is 18.3 Å². The molecule has 1 aliphatic heterocycles. The first-order chi connectivity index (χ1) is 16.5. The molecule has 0 aromatic heterocycles. The molecule has 6 N–H and O–H groups in total. The number of benzene rings is 2. The highest BCUT2D eigenvalue weighted by Gasteiger charge is 2.32. The third kappa shape index (κ3) is 7.93. The summed E-state index contributed by atoms with van der Waals surface area (Å²) in [5, 5.41) is 11.9. The zero-order valence-electron chi connectivity index (χ0n) is 20.1. The molecular weight excluding hydrogens is 501 g/mol. The molecule has 0 bridgehead atoms. The Hall–Kier alpha value is -2.65. The summed E-state index contributed by atoms with van der Waals surface area (Å²) in [7, 11) is 0. The fourth-order valence-electron chi connectivity index (χ4n) is 4.71. The molecule has 0 unspecified atom stereocenters. The van der Waals surface area contributed by atoms with E-state index in [-0.39, 0.29) is 55.1 Å². The van der Waals surface area contributed by atoms with Gasteiger partial charge in [-0.25, -0.2) is 0 Å². The van der Waals surface area contributed by atoms with E-state index in [4.69, 9.17) is 5.73 Å². The van der Waals surface area contributed by atoms with Crippen LogP contribution in [0.5, 0.6) is 0 Å². The SMILES string of the molecule is Cl.Cl.NCC(=O)N[C@H]1CN[C@H](C(=O)N[C@H](CCc2ccccc2)C(=O)Nc2ccc3c(c2)CCC3)C1. The van der Waals surface area contributed by atoms with Gasteiger partial charge in [-0.05, 0) is 67.3 Å². The molecule has 0 radical (unpaired) electrons. The number of halogens is 2. The number of fused-ring (bicyclic) bond motifs is 1. The summed E-state index contributed by atoms with van der Waals surface area (Å²) in [5.74, 6) is -0.720. The first-order valence-corrected chi connectivity index (χ1v) is 12.0. The van der Waals surface area contributed by atoms with E-state index < -0.39 is 12.1 Å². The molecule has 0 saturated carbocycles. The van der Waals surface area contributed by atoms with Crippen molar-refractivity contribution in [3.63, 3.8) is 0 Å². The smallest absolute Gasteiger partial charge is 0.246 e. The Labute approximate surface area is 224 Å². The summed E-state index contributed by atoms with van der Waals surface area (Å²) in [6, 6.07) is 14.6. The molecule has 2 aromatic rings. The van der Waals surface area contributed by atoms with E-state index >= 15 is 0 Å². The van der Waals surface area contributed by atoms with Crippen molar-refractivity contribution in [3.8, 4) is 0 Å². The van der Waals surface area contributed by atoms with Crippen molar-refractivity contribution in [3.05, 3.63) is 65.2 Å². The van der Waals surface area contributed by atoms with Gasteiger partial charge < -0.3 is 27.0 Å². The number of nitrogens with one attached hydrogen (secondary N) is 4. The van der Waals surface area contributed by atoms with Crippen LogP contribution in [-0.2, 0) is 33.6 Å². The molecule has 3 atom stereocenters. The van der Waals surface area contributed by atoms with Gasteiger partial charge in [0.1, 0.15) is 6.04 Å². The molecule has 3 amide bonds. The van der Waals surface area contributed by atoms with Crippen molar-refractivity contribution >= 4 is 48.2 Å². The standard InChI is InChI=1S/C26H33N5O3.2ClH/c27-15-24(32)29-21-14-23(28-16-21)26(34)31-22(12-9-17-5-2-1-3-6-17)25(33)30-20-11-10-18-7-4-8-19(18)13-20;;/h1-3,5-6,10-11,13,21-23,28H,4,7-9,12,14-16,27H2,(H,29,32)(H,30,33)(H,31,34);2*1H/t21-,22-,23+;;/m1../s1. The number of hydrogen-bond donors (Lipinski definition) is 5. The molecular formula is C26H35Cl2N5O3. The average molecular weight is 537 g/mol. The minimum atomic E-state index is -0.680. The largest absolute Gasteiger partial charge is 0.351 e. The van der Waals surface area contributed by atoms with Crippen molar-refractivity contribution in [2.75, 3.05) is 18.4 Å². The molecule has 196 valence electrons. The highest BCUT2D eigenvalue weighted by Crippen LogP contribution is 2.25. The van der Waals surface area contributed by atoms with E-state index in [1.807, 2.05) is 42.5 Å². The number of nitrogens with two attached hydrogens (primary N) is 1. The number of amides is 3. The Morgan fingerprint density at radius 3 is 2.53 bits per heavy atom. The van der Waals surface area contributed by atoms with Crippen LogP contribution in [0.1, 0.15) is 36.0 Å². The predicted molar refractivity (Wildman–Crippen MR) is 146 cm³/mol. The Morgan fingerprint density at radius 2 is 1.78 bits per heavy atom. The summed E-state index contributed by atoms with van der Waals surface area (Å²) >= 11 is 0. The Kier molecular flexibility index (Phi) is 11.7. The summed E-state index contributed by atoms with van der Waals surface area (Å²) in [4.78, 5) is 37.8. The van der Waals surface area contributed by atoms with Crippen molar-refractivity contribution in [2.45, 2.75) is 56.7 Å². The van der Waals surface area contributed by atoms with Gasteiger partial charge in [-0.2, -0.15) is 0 Å². The second kappa shape index (κ2) is 14.2. The molecule has 4 rings (SSSR count). The van der Waals surface area contributed by atoms with E-state index in [0.717, 1.165) is 30.5 Å². The maximum absolute atomic E-state index is 13.2. The molecule has 0 spiro atoms. The van der Waals surface area contributed by atoms with E-state index in [9.17, 15) is 14.4 Å². The lowest BCUT2D eigenvalue weighted by Crippen LogP contribution is -2.50. The highest BCUT2D eigenvalue weighted by atomic mass is 35.5. The van der Waals surface area contributed by atoms with Gasteiger partial charge in [-0.15, -0.1) is 24.8 Å². The summed E-state index contributed by atoms with van der Waals surface area (Å²) in [6.45, 7) is 0.400. The second-order valence-corrected chi connectivity index (χ2v) is 9.08. The molecule has 36 heavy (non-hydrogen) atoms. The predicted octanol–water partition coefficient (Wildman–Crippen LogP) is 1.88. The van der Waals surface area contributed by atoms with Crippen LogP contribution in [-0.4, -0.2) is 48.9 Å². The van der Waals surface area contributed by atoms with E-state index in [1.54, 1.807) is 0 Å². The van der Waals surface area contributed by atoms with Gasteiger partial charge in [-0.1, -0.05) is 36.4 Å². The third-order valence-corrected chi connectivity index (χ3v) is 6.56. The Morgan fingerprint density at radius 1 is 1.03 bits per heavy atom. The van der Waals surface area contributed by atoms with Gasteiger partial charge in [-0.3, -0.25) is 14.4 Å². The van der Waals surface area contributed by atoms with Gasteiger partial charge in [0.25, 0.3) is 0 Å². The summed E-state index contributed by atoms with van der Waals surface area (Å²) in [6.07, 6.45) is 4.85. The lowest BCUT2D eigenvalue weighted by atomic mass is 10.0. The fraction of sp³-hybridized carbons (Fsp3) is 0.423. The Bertz CT molecular complexity index is 1040.